The van der Waals surface area contributed by atoms with Crippen molar-refractivity contribution in [1.82, 2.24) is 0 Å². The highest BCUT2D eigenvalue weighted by molar-refractivity contribution is 5.79. The van der Waals surface area contributed by atoms with Crippen LogP contribution in [0.5, 0.6) is 0 Å². The van der Waals surface area contributed by atoms with Crippen LogP contribution in [0.4, 0.5) is 0 Å². The van der Waals surface area contributed by atoms with E-state index in [1.54, 1.807) is 0 Å². The summed E-state index contributed by atoms with van der Waals surface area (Å²) in [7, 11) is 0. The van der Waals surface area contributed by atoms with Gasteiger partial charge >= 0.3 is 5.97 Å². The van der Waals surface area contributed by atoms with Crippen molar-refractivity contribution in [3.05, 3.63) is 0 Å². The molecule has 0 amide bonds. The first-order chi connectivity index (χ1) is 6.80. The predicted octanol–water partition coefficient (Wildman–Crippen LogP) is 1.79. The Morgan fingerprint density at radius 2 is 1.93 bits per heavy atom. The average molecular weight is 196 g/mol. The summed E-state index contributed by atoms with van der Waals surface area (Å²) < 4.78 is 10.9. The summed E-state index contributed by atoms with van der Waals surface area (Å²) >= 11 is 0. The van der Waals surface area contributed by atoms with Crippen LogP contribution in [0.1, 0.15) is 44.9 Å². The zero-order chi connectivity index (χ0) is 9.60. The second kappa shape index (κ2) is 2.96. The lowest BCUT2D eigenvalue weighted by Crippen LogP contribution is -2.29. The zero-order valence-electron chi connectivity index (χ0n) is 8.33. The van der Waals surface area contributed by atoms with Crippen LogP contribution in [0.3, 0.4) is 0 Å². The molecule has 14 heavy (non-hydrogen) atoms. The summed E-state index contributed by atoms with van der Waals surface area (Å²) in [6, 6.07) is 0. The Hall–Kier alpha value is -0.570. The zero-order valence-corrected chi connectivity index (χ0v) is 8.33. The summed E-state index contributed by atoms with van der Waals surface area (Å²) in [4.78, 5) is 11.6. The molecule has 78 valence electrons. The largest absolute Gasteiger partial charge is 0.460 e. The molecule has 1 saturated heterocycles. The molecule has 1 unspecified atom stereocenters. The van der Waals surface area contributed by atoms with Crippen LogP contribution in [-0.2, 0) is 14.3 Å². The molecule has 2 saturated carbocycles. The van der Waals surface area contributed by atoms with Crippen molar-refractivity contribution < 1.29 is 14.3 Å². The molecule has 0 bridgehead atoms. The third-order valence-corrected chi connectivity index (χ3v) is 3.77. The maximum Gasteiger partial charge on any atom is 0.338 e. The van der Waals surface area contributed by atoms with Gasteiger partial charge in [-0.2, -0.15) is 0 Å². The third-order valence-electron chi connectivity index (χ3n) is 3.77. The van der Waals surface area contributed by atoms with E-state index in [-0.39, 0.29) is 23.8 Å². The number of epoxide rings is 1. The number of carbonyl (C=O) groups excluding carboxylic acids is 1. The highest BCUT2D eigenvalue weighted by atomic mass is 16.7. The number of hydrogen-bond acceptors (Lipinski definition) is 3. The van der Waals surface area contributed by atoms with E-state index in [4.69, 9.17) is 9.47 Å². The van der Waals surface area contributed by atoms with E-state index in [1.807, 2.05) is 0 Å². The van der Waals surface area contributed by atoms with Gasteiger partial charge in [0, 0.05) is 0 Å². The lowest BCUT2D eigenvalue weighted by Gasteiger charge is -2.24. The molecule has 1 heterocycles. The Morgan fingerprint density at radius 1 is 1.21 bits per heavy atom. The normalized spacial score (nSPS) is 34.1. The fourth-order valence-corrected chi connectivity index (χ4v) is 2.53. The first kappa shape index (κ1) is 8.72. The van der Waals surface area contributed by atoms with Gasteiger partial charge in [-0.3, -0.25) is 0 Å². The Morgan fingerprint density at radius 3 is 2.50 bits per heavy atom. The fraction of sp³-hybridized carbons (Fsp3) is 0.909. The summed E-state index contributed by atoms with van der Waals surface area (Å²) in [5, 5.41) is 0. The molecule has 3 aliphatic rings. The van der Waals surface area contributed by atoms with Gasteiger partial charge in [0.1, 0.15) is 11.7 Å². The van der Waals surface area contributed by atoms with Crippen molar-refractivity contribution in [2.24, 2.45) is 0 Å². The van der Waals surface area contributed by atoms with E-state index >= 15 is 0 Å². The van der Waals surface area contributed by atoms with Crippen LogP contribution < -0.4 is 0 Å². The smallest absolute Gasteiger partial charge is 0.338 e. The molecule has 1 atom stereocenters. The van der Waals surface area contributed by atoms with Crippen molar-refractivity contribution in [3.63, 3.8) is 0 Å². The molecule has 1 aliphatic heterocycles. The molecule has 0 N–H and O–H groups in total. The molecule has 0 aromatic heterocycles. The highest BCUT2D eigenvalue weighted by Gasteiger charge is 2.62. The second-order valence-corrected chi connectivity index (χ2v) is 4.76. The molecule has 2 aliphatic carbocycles. The molecule has 1 spiro atoms. The molecule has 3 nitrogen and oxygen atoms in total. The Kier molecular flexibility index (Phi) is 1.84. The lowest BCUT2D eigenvalue weighted by atomic mass is 9.96. The first-order valence-corrected chi connectivity index (χ1v) is 5.68. The number of esters is 1. The van der Waals surface area contributed by atoms with Crippen molar-refractivity contribution in [1.29, 1.82) is 0 Å². The van der Waals surface area contributed by atoms with Gasteiger partial charge in [-0.25, -0.2) is 4.79 Å². The van der Waals surface area contributed by atoms with Crippen molar-refractivity contribution in [2.75, 3.05) is 0 Å². The maximum absolute atomic E-state index is 11.6. The minimum atomic E-state index is -0.217. The number of rotatable bonds is 2. The molecule has 0 aromatic carbocycles. The van der Waals surface area contributed by atoms with Crippen molar-refractivity contribution in [2.45, 2.75) is 62.8 Å². The van der Waals surface area contributed by atoms with E-state index in [1.165, 1.54) is 19.3 Å². The van der Waals surface area contributed by atoms with E-state index in [0.717, 1.165) is 25.7 Å². The van der Waals surface area contributed by atoms with E-state index in [9.17, 15) is 4.79 Å². The van der Waals surface area contributed by atoms with Gasteiger partial charge in [-0.05, 0) is 32.1 Å². The summed E-state index contributed by atoms with van der Waals surface area (Å²) in [5.74, 6) is -0.100. The van der Waals surface area contributed by atoms with Gasteiger partial charge in [0.15, 0.2) is 6.10 Å². The minimum Gasteiger partial charge on any atom is -0.460 e. The molecular formula is C11H16O3. The van der Waals surface area contributed by atoms with Crippen LogP contribution >= 0.6 is 0 Å². The van der Waals surface area contributed by atoms with Crippen LogP contribution in [0.25, 0.3) is 0 Å². The summed E-state index contributed by atoms with van der Waals surface area (Å²) in [6.45, 7) is 0. The molecule has 3 heteroatoms. The Labute approximate surface area is 83.8 Å². The number of hydrogen-bond donors (Lipinski definition) is 0. The summed E-state index contributed by atoms with van der Waals surface area (Å²) in [6.07, 6.45) is 7.79. The van der Waals surface area contributed by atoms with Crippen LogP contribution in [0, 0.1) is 0 Å². The van der Waals surface area contributed by atoms with Gasteiger partial charge in [-0.15, -0.1) is 0 Å². The molecule has 3 fully saturated rings. The van der Waals surface area contributed by atoms with Gasteiger partial charge in [0.2, 0.25) is 0 Å². The first-order valence-electron chi connectivity index (χ1n) is 5.68. The molecule has 0 aromatic rings. The molecule has 3 rings (SSSR count). The van der Waals surface area contributed by atoms with Gasteiger partial charge in [0.05, 0.1) is 0 Å². The van der Waals surface area contributed by atoms with E-state index in [0.29, 0.717) is 0 Å². The van der Waals surface area contributed by atoms with Crippen molar-refractivity contribution >= 4 is 5.97 Å². The maximum atomic E-state index is 11.6. The van der Waals surface area contributed by atoms with Gasteiger partial charge in [-0.1, -0.05) is 12.8 Å². The van der Waals surface area contributed by atoms with Crippen LogP contribution in [0.2, 0.25) is 0 Å². The van der Waals surface area contributed by atoms with Crippen LogP contribution in [0.15, 0.2) is 0 Å². The quantitative estimate of drug-likeness (QED) is 0.499. The number of ether oxygens (including phenoxy) is 2. The standard InChI is InChI=1S/C11H16O3/c12-10(13-8-4-3-5-8)9-11(14-9)6-1-2-7-11/h8-9H,1-7H2. The fourth-order valence-electron chi connectivity index (χ4n) is 2.53. The third kappa shape index (κ3) is 1.26. The summed E-state index contributed by atoms with van der Waals surface area (Å²) in [5.41, 5.74) is -0.0825. The van der Waals surface area contributed by atoms with Gasteiger partial charge < -0.3 is 9.47 Å². The number of carbonyl (C=O) groups is 1. The molecular weight excluding hydrogens is 180 g/mol. The second-order valence-electron chi connectivity index (χ2n) is 4.76. The Bertz CT molecular complexity index is 251. The van der Waals surface area contributed by atoms with E-state index < -0.39 is 0 Å². The predicted molar refractivity (Wildman–Crippen MR) is 49.8 cm³/mol. The van der Waals surface area contributed by atoms with Crippen molar-refractivity contribution in [3.8, 4) is 0 Å². The lowest BCUT2D eigenvalue weighted by molar-refractivity contribution is -0.154. The van der Waals surface area contributed by atoms with Gasteiger partial charge in [0.25, 0.3) is 0 Å². The highest BCUT2D eigenvalue weighted by Crippen LogP contribution is 2.50. The topological polar surface area (TPSA) is 38.8 Å². The van der Waals surface area contributed by atoms with Crippen LogP contribution in [-0.4, -0.2) is 23.8 Å². The SMILES string of the molecule is O=C(OC1CCC1)C1OC12CCCC2. The molecule has 0 radical (unpaired) electrons. The Balaban J connectivity index is 1.54. The monoisotopic (exact) mass is 196 g/mol. The minimum absolute atomic E-state index is 0.0825. The average Bonchev–Trinajstić information content (AvgIpc) is 2.57. The van der Waals surface area contributed by atoms with E-state index in [2.05, 4.69) is 0 Å².